The van der Waals surface area contributed by atoms with Crippen LogP contribution in [0.4, 0.5) is 5.82 Å². The first kappa shape index (κ1) is 11.0. The average Bonchev–Trinajstić information content (AvgIpc) is 2.26. The normalized spacial score (nSPS) is 12.3. The largest absolute Gasteiger partial charge is 0.384 e. The van der Waals surface area contributed by atoms with Gasteiger partial charge in [-0.25, -0.2) is 13.1 Å². The fraction of sp³-hybridized carbons (Fsp3) is 0.625. The molecule has 14 heavy (non-hydrogen) atoms. The zero-order valence-corrected chi connectivity index (χ0v) is 9.37. The van der Waals surface area contributed by atoms with Gasteiger partial charge in [0.05, 0.1) is 11.4 Å². The van der Waals surface area contributed by atoms with Crippen molar-refractivity contribution in [3.8, 4) is 0 Å². The Morgan fingerprint density at radius 1 is 1.57 bits per heavy atom. The number of nitrogens with two attached hydrogens (primary N) is 1. The van der Waals surface area contributed by atoms with E-state index in [-0.39, 0.29) is 11.8 Å². The lowest BCUT2D eigenvalue weighted by Crippen LogP contribution is -2.07. The Morgan fingerprint density at radius 2 is 2.14 bits per heavy atom. The molecule has 0 aliphatic heterocycles. The molecule has 0 aliphatic carbocycles. The Balaban J connectivity index is 2.98. The first-order valence-corrected chi connectivity index (χ1v) is 6.37. The maximum absolute atomic E-state index is 11.0. The lowest BCUT2D eigenvalue weighted by Gasteiger charge is -2.06. The number of aromatic nitrogens is 2. The smallest absolute Gasteiger partial charge is 0.153 e. The van der Waals surface area contributed by atoms with Crippen LogP contribution in [0.2, 0.25) is 0 Å². The minimum Gasteiger partial charge on any atom is -0.384 e. The Bertz CT molecular complexity index is 420. The summed E-state index contributed by atoms with van der Waals surface area (Å²) in [6, 6.07) is 1.74. The Hall–Kier alpha value is -1.04. The molecule has 0 unspecified atom stereocenters. The molecule has 0 spiro atoms. The van der Waals surface area contributed by atoms with Crippen molar-refractivity contribution in [3.05, 3.63) is 11.8 Å². The van der Waals surface area contributed by atoms with Gasteiger partial charge in [0.15, 0.2) is 9.84 Å². The van der Waals surface area contributed by atoms with Crippen LogP contribution in [0, 0.1) is 0 Å². The number of rotatable bonds is 3. The third-order valence-corrected chi connectivity index (χ3v) is 2.53. The van der Waals surface area contributed by atoms with Crippen molar-refractivity contribution in [3.63, 3.8) is 0 Å². The molecule has 0 saturated carbocycles. The molecule has 6 heteroatoms. The molecule has 1 rings (SSSR count). The van der Waals surface area contributed by atoms with E-state index in [9.17, 15) is 8.42 Å². The first-order chi connectivity index (χ1) is 6.29. The second-order valence-corrected chi connectivity index (χ2v) is 5.81. The van der Waals surface area contributed by atoms with E-state index in [1.165, 1.54) is 6.26 Å². The Labute approximate surface area is 83.8 Å². The van der Waals surface area contributed by atoms with E-state index in [2.05, 4.69) is 5.10 Å². The van der Waals surface area contributed by atoms with Crippen LogP contribution in [-0.2, 0) is 15.6 Å². The van der Waals surface area contributed by atoms with E-state index in [0.717, 1.165) is 0 Å². The van der Waals surface area contributed by atoms with Crippen LogP contribution in [0.25, 0.3) is 0 Å². The minimum atomic E-state index is -3.04. The molecule has 1 aromatic heterocycles. The van der Waals surface area contributed by atoms with Crippen molar-refractivity contribution >= 4 is 15.7 Å². The molecule has 0 saturated heterocycles. The van der Waals surface area contributed by atoms with Gasteiger partial charge in [0.2, 0.25) is 0 Å². The molecule has 0 aliphatic rings. The van der Waals surface area contributed by atoms with Gasteiger partial charge in [-0.3, -0.25) is 0 Å². The van der Waals surface area contributed by atoms with Crippen molar-refractivity contribution < 1.29 is 8.42 Å². The second kappa shape index (κ2) is 3.61. The third kappa shape index (κ3) is 2.73. The summed E-state index contributed by atoms with van der Waals surface area (Å²) in [5, 5.41) is 4.11. The first-order valence-electron chi connectivity index (χ1n) is 4.31. The predicted molar refractivity (Wildman–Crippen MR) is 55.6 cm³/mol. The van der Waals surface area contributed by atoms with Crippen molar-refractivity contribution in [2.45, 2.75) is 25.6 Å². The average molecular weight is 217 g/mol. The third-order valence-electron chi connectivity index (χ3n) is 1.71. The van der Waals surface area contributed by atoms with Crippen LogP contribution < -0.4 is 5.73 Å². The zero-order chi connectivity index (χ0) is 10.9. The van der Waals surface area contributed by atoms with Crippen molar-refractivity contribution in [2.24, 2.45) is 0 Å². The SMILES string of the molecule is CC(C)n1nc(CS(C)(=O)=O)cc1N. The summed E-state index contributed by atoms with van der Waals surface area (Å²) in [6.07, 6.45) is 1.18. The second-order valence-electron chi connectivity index (χ2n) is 3.67. The fourth-order valence-corrected chi connectivity index (χ4v) is 1.89. The quantitative estimate of drug-likeness (QED) is 0.803. The number of hydrogen-bond acceptors (Lipinski definition) is 4. The molecular formula is C8H15N3O2S. The molecule has 2 N–H and O–H groups in total. The van der Waals surface area contributed by atoms with Gasteiger partial charge in [-0.1, -0.05) is 0 Å². The minimum absolute atomic E-state index is 0.0586. The Morgan fingerprint density at radius 3 is 2.50 bits per heavy atom. The van der Waals surface area contributed by atoms with Gasteiger partial charge in [0.25, 0.3) is 0 Å². The molecule has 0 aromatic carbocycles. The molecule has 1 heterocycles. The maximum Gasteiger partial charge on any atom is 0.153 e. The highest BCUT2D eigenvalue weighted by Gasteiger charge is 2.11. The summed E-state index contributed by atoms with van der Waals surface area (Å²) in [6.45, 7) is 3.88. The molecule has 5 nitrogen and oxygen atoms in total. The fourth-order valence-electron chi connectivity index (χ4n) is 1.21. The van der Waals surface area contributed by atoms with E-state index in [1.807, 2.05) is 13.8 Å². The van der Waals surface area contributed by atoms with Crippen molar-refractivity contribution in [2.75, 3.05) is 12.0 Å². The van der Waals surface area contributed by atoms with Gasteiger partial charge in [-0.15, -0.1) is 0 Å². The van der Waals surface area contributed by atoms with Gasteiger partial charge < -0.3 is 5.73 Å². The topological polar surface area (TPSA) is 78.0 Å². The molecule has 0 radical (unpaired) electrons. The van der Waals surface area contributed by atoms with E-state index in [0.29, 0.717) is 11.5 Å². The summed E-state index contributed by atoms with van der Waals surface area (Å²) >= 11 is 0. The van der Waals surface area contributed by atoms with E-state index in [4.69, 9.17) is 5.73 Å². The van der Waals surface area contributed by atoms with E-state index < -0.39 is 9.84 Å². The van der Waals surface area contributed by atoms with E-state index >= 15 is 0 Å². The standard InChI is InChI=1S/C8H15N3O2S/c1-6(2)11-8(9)4-7(10-11)5-14(3,12)13/h4,6H,5,9H2,1-3H3. The monoisotopic (exact) mass is 217 g/mol. The summed E-state index contributed by atoms with van der Waals surface area (Å²) in [4.78, 5) is 0. The maximum atomic E-state index is 11.0. The highest BCUT2D eigenvalue weighted by molar-refractivity contribution is 7.89. The van der Waals surface area contributed by atoms with E-state index in [1.54, 1.807) is 10.7 Å². The molecule has 0 atom stereocenters. The molecule has 1 aromatic rings. The van der Waals surface area contributed by atoms with Gasteiger partial charge in [-0.05, 0) is 13.8 Å². The summed E-state index contributed by atoms with van der Waals surface area (Å²) in [5.41, 5.74) is 6.17. The summed E-state index contributed by atoms with van der Waals surface area (Å²) in [7, 11) is -3.04. The molecule has 80 valence electrons. The molecule has 0 bridgehead atoms. The Kier molecular flexibility index (Phi) is 2.84. The van der Waals surface area contributed by atoms with Gasteiger partial charge in [0.1, 0.15) is 5.82 Å². The molecular weight excluding hydrogens is 202 g/mol. The van der Waals surface area contributed by atoms with Gasteiger partial charge in [-0.2, -0.15) is 5.10 Å². The van der Waals surface area contributed by atoms with Crippen LogP contribution in [0.15, 0.2) is 6.07 Å². The van der Waals surface area contributed by atoms with Crippen LogP contribution in [0.3, 0.4) is 0 Å². The van der Waals surface area contributed by atoms with Crippen molar-refractivity contribution in [1.29, 1.82) is 0 Å². The van der Waals surface area contributed by atoms with Crippen LogP contribution >= 0.6 is 0 Å². The van der Waals surface area contributed by atoms with Crippen molar-refractivity contribution in [1.82, 2.24) is 9.78 Å². The highest BCUT2D eigenvalue weighted by atomic mass is 32.2. The number of anilines is 1. The number of nitrogens with zero attached hydrogens (tertiary/aromatic N) is 2. The van der Waals surface area contributed by atoms with Crippen LogP contribution in [0.1, 0.15) is 25.6 Å². The van der Waals surface area contributed by atoms with Crippen LogP contribution in [0.5, 0.6) is 0 Å². The van der Waals surface area contributed by atoms with Gasteiger partial charge in [0, 0.05) is 18.4 Å². The lowest BCUT2D eigenvalue weighted by atomic mass is 10.4. The summed E-state index contributed by atoms with van der Waals surface area (Å²) in [5.74, 6) is 0.440. The lowest BCUT2D eigenvalue weighted by molar-refractivity contribution is 0.535. The highest BCUT2D eigenvalue weighted by Crippen LogP contribution is 2.14. The molecule has 0 amide bonds. The van der Waals surface area contributed by atoms with Gasteiger partial charge >= 0.3 is 0 Å². The zero-order valence-electron chi connectivity index (χ0n) is 8.56. The number of sulfone groups is 1. The number of hydrogen-bond donors (Lipinski definition) is 1. The molecule has 0 fully saturated rings. The van der Waals surface area contributed by atoms with Crippen LogP contribution in [-0.4, -0.2) is 24.5 Å². The number of nitrogen functional groups attached to an aromatic ring is 1. The predicted octanol–water partition coefficient (Wildman–Crippen LogP) is 0.591. The summed E-state index contributed by atoms with van der Waals surface area (Å²) < 4.78 is 23.6.